The summed E-state index contributed by atoms with van der Waals surface area (Å²) in [5.74, 6) is -2.67. The second kappa shape index (κ2) is 11.3. The molecule has 0 fully saturated rings. The van der Waals surface area contributed by atoms with Gasteiger partial charge in [0.15, 0.2) is 0 Å². The summed E-state index contributed by atoms with van der Waals surface area (Å²) in [5, 5.41) is -1.15. The molecule has 54 heavy (non-hydrogen) atoms. The van der Waals surface area contributed by atoms with Crippen LogP contribution >= 0.6 is 11.6 Å². The average Bonchev–Trinajstić information content (AvgIpc) is 2.68. The molecule has 2 aromatic heterocycles. The first kappa shape index (κ1) is 14.1. The maximum Gasteiger partial charge on any atom is 0.289 e. The number of furan rings is 1. The van der Waals surface area contributed by atoms with Crippen LogP contribution in [0.3, 0.4) is 0 Å². The number of para-hydroxylation sites is 4. The monoisotopic (exact) mass is 734 g/mol. The average molecular weight is 735 g/mol. The summed E-state index contributed by atoms with van der Waals surface area (Å²) in [5.41, 5.74) is -6.82. The minimum atomic E-state index is -1.50. The standard InChI is InChI=1S/C49H30BNO2S/c1-29-11-10-20-44-48(29)37-24-22-30(26-45(37)53-44)31-21-23-36-38-25-32(27-46-49(38)50(54-47(36)28-31)39-15-5-9-19-43(39)52-46)33-12-2-6-16-40(33)51-41-17-7-3-13-34(41)35-14-4-8-18-42(35)51/h2-28H,1H3/i2D,3D,4D,5D,6D,7D,8D,9D,10D,11D,12D,13D,14D,15D,16D,17D,18D,19D,20D,21D,22D,23D,24D,25D,26D,27D,28D. The summed E-state index contributed by atoms with van der Waals surface area (Å²) >= 11 is 0.664. The van der Waals surface area contributed by atoms with Crippen molar-refractivity contribution < 1.29 is 46.2 Å². The molecular weight excluding hydrogens is 677 g/mol. The predicted octanol–water partition coefficient (Wildman–Crippen LogP) is 12.3. The van der Waals surface area contributed by atoms with Crippen molar-refractivity contribution in [1.29, 1.82) is 0 Å². The lowest BCUT2D eigenvalue weighted by Gasteiger charge is -2.33. The third-order valence-corrected chi connectivity index (χ3v) is 10.6. The van der Waals surface area contributed by atoms with Crippen LogP contribution in [0.2, 0.25) is 0 Å². The highest BCUT2D eigenvalue weighted by Gasteiger charge is 2.39. The Balaban J connectivity index is 1.26. The molecule has 8 aromatic carbocycles. The molecule has 0 saturated heterocycles. The van der Waals surface area contributed by atoms with Gasteiger partial charge in [-0.1, -0.05) is 103 Å². The van der Waals surface area contributed by atoms with E-state index in [9.17, 15) is 16.4 Å². The zero-order valence-electron chi connectivity index (χ0n) is 54.2. The quantitative estimate of drug-likeness (QED) is 0.169. The number of ether oxygens (including phenoxy) is 1. The van der Waals surface area contributed by atoms with Crippen molar-refractivity contribution in [2.75, 3.05) is 0 Å². The van der Waals surface area contributed by atoms with Gasteiger partial charge in [-0.2, -0.15) is 11.6 Å². The second-order valence-corrected chi connectivity index (χ2v) is 13.4. The summed E-state index contributed by atoms with van der Waals surface area (Å²) < 4.78 is 260. The molecule has 5 heteroatoms. The molecule has 0 spiro atoms. The molecule has 10 aromatic rings. The van der Waals surface area contributed by atoms with E-state index in [0.29, 0.717) is 11.6 Å². The Morgan fingerprint density at radius 2 is 1.30 bits per heavy atom. The number of nitrogens with zero attached hydrogens (tertiary/aromatic N) is 1. The Morgan fingerprint density at radius 3 is 2.17 bits per heavy atom. The van der Waals surface area contributed by atoms with Crippen molar-refractivity contribution in [3.05, 3.63) is 169 Å². The molecule has 0 radical (unpaired) electrons. The molecule has 0 bridgehead atoms. The van der Waals surface area contributed by atoms with Crippen LogP contribution in [0.15, 0.2) is 172 Å². The van der Waals surface area contributed by atoms with E-state index in [1.54, 1.807) is 0 Å². The van der Waals surface area contributed by atoms with Crippen LogP contribution in [0.4, 0.5) is 0 Å². The highest BCUT2D eigenvalue weighted by Crippen LogP contribution is 2.47. The van der Waals surface area contributed by atoms with Gasteiger partial charge in [-0.25, -0.2) is 0 Å². The zero-order valence-corrected chi connectivity index (χ0v) is 28.1. The van der Waals surface area contributed by atoms with Crippen LogP contribution < -0.4 is 15.7 Å². The van der Waals surface area contributed by atoms with Crippen LogP contribution in [-0.4, -0.2) is 10.6 Å². The van der Waals surface area contributed by atoms with Crippen LogP contribution in [0, 0.1) is 6.92 Å². The van der Waals surface area contributed by atoms with E-state index in [0.717, 1.165) is 4.57 Å². The van der Waals surface area contributed by atoms with Crippen LogP contribution in [0.5, 0.6) is 11.5 Å². The van der Waals surface area contributed by atoms with Crippen LogP contribution in [0.1, 0.15) is 42.6 Å². The fraction of sp³-hybridized carbons (Fsp3) is 0.0204. The number of rotatable bonds is 3. The number of aryl methyl sites for hydroxylation is 1. The smallest absolute Gasteiger partial charge is 0.289 e. The fourth-order valence-electron chi connectivity index (χ4n) is 7.03. The van der Waals surface area contributed by atoms with Gasteiger partial charge in [-0.3, -0.25) is 0 Å². The van der Waals surface area contributed by atoms with Gasteiger partial charge >= 0.3 is 0 Å². The summed E-state index contributed by atoms with van der Waals surface area (Å²) in [4.78, 5) is -0.325. The molecule has 0 unspecified atom stereocenters. The molecule has 252 valence electrons. The molecule has 0 amide bonds. The molecule has 0 atom stereocenters. The van der Waals surface area contributed by atoms with E-state index in [1.165, 1.54) is 6.92 Å². The lowest BCUT2D eigenvalue weighted by atomic mass is 9.57. The minimum absolute atomic E-state index is 0.00928. The molecule has 0 saturated carbocycles. The third-order valence-electron chi connectivity index (χ3n) is 9.36. The van der Waals surface area contributed by atoms with Crippen molar-refractivity contribution in [2.24, 2.45) is 0 Å². The Hall–Kier alpha value is -6.43. The molecular formula is C49H30BNO2S. The van der Waals surface area contributed by atoms with Crippen molar-refractivity contribution in [1.82, 2.24) is 4.57 Å². The molecule has 12 rings (SSSR count). The second-order valence-electron chi connectivity index (χ2n) is 12.3. The number of hydrogen-bond donors (Lipinski definition) is 0. The van der Waals surface area contributed by atoms with E-state index in [1.807, 2.05) is 0 Å². The minimum Gasteiger partial charge on any atom is -0.458 e. The van der Waals surface area contributed by atoms with Crippen molar-refractivity contribution in [3.8, 4) is 50.6 Å². The first-order chi connectivity index (χ1) is 37.9. The van der Waals surface area contributed by atoms with Crippen LogP contribution in [0.25, 0.3) is 82.8 Å². The summed E-state index contributed by atoms with van der Waals surface area (Å²) in [7, 11) is 0. The van der Waals surface area contributed by atoms with Crippen molar-refractivity contribution in [3.63, 3.8) is 0 Å². The zero-order chi connectivity index (χ0) is 59.0. The molecule has 3 nitrogen and oxygen atoms in total. The molecule has 2 aliphatic rings. The lowest BCUT2D eigenvalue weighted by Crippen LogP contribution is -2.46. The van der Waals surface area contributed by atoms with Gasteiger partial charge in [0, 0.05) is 32.0 Å². The Morgan fingerprint density at radius 1 is 0.556 bits per heavy atom. The predicted molar refractivity (Wildman–Crippen MR) is 226 cm³/mol. The van der Waals surface area contributed by atoms with E-state index >= 15 is 0 Å². The van der Waals surface area contributed by atoms with E-state index in [4.69, 9.17) is 29.7 Å². The van der Waals surface area contributed by atoms with Gasteiger partial charge in [0.1, 0.15) is 22.7 Å². The molecule has 0 N–H and O–H groups in total. The molecule has 4 heterocycles. The lowest BCUT2D eigenvalue weighted by molar-refractivity contribution is 0.488. The van der Waals surface area contributed by atoms with Gasteiger partial charge in [0.25, 0.3) is 5.99 Å². The maximum absolute atomic E-state index is 10.3. The van der Waals surface area contributed by atoms with Crippen LogP contribution in [-0.2, 0) is 0 Å². The highest BCUT2D eigenvalue weighted by atomic mass is 32.2. The van der Waals surface area contributed by atoms with E-state index in [2.05, 4.69) is 0 Å². The van der Waals surface area contributed by atoms with Gasteiger partial charge in [0.05, 0.1) is 53.7 Å². The topological polar surface area (TPSA) is 27.3 Å². The first-order valence-electron chi connectivity index (χ1n) is 29.8. The van der Waals surface area contributed by atoms with Gasteiger partial charge in [-0.15, -0.1) is 0 Å². The summed E-state index contributed by atoms with van der Waals surface area (Å²) in [6.45, 7) is 1.44. The van der Waals surface area contributed by atoms with Crippen molar-refractivity contribution in [2.45, 2.75) is 11.8 Å². The number of benzene rings is 8. The third kappa shape index (κ3) is 4.27. The summed E-state index contributed by atoms with van der Waals surface area (Å²) in [6, 6.07) is -21.5. The SMILES string of the molecule is [2H]c1c([2H])c([2H])c2c(c1[2H])Oc1c([2H])c(-c3c([2H])c([2H])c([2H])c([2H])c3-n3c4c([2H])c([2H])c([2H])c([2H])c4c4c([2H])c([2H])c([2H])c([2H])c43)c([2H])c3c1B2Sc1c([2H])c(-c2c([2H])c([2H])c4c(oc5c([2H])c([2H])c([2H])c(C)c54)c2[2H])c([2H])c([2H])c1-3. The van der Waals surface area contributed by atoms with Gasteiger partial charge < -0.3 is 13.7 Å². The molecule has 2 aliphatic heterocycles. The molecule has 0 aliphatic carbocycles. The largest absolute Gasteiger partial charge is 0.458 e. The normalized spacial score (nSPS) is 19.9. The number of fused-ring (bicyclic) bond motifs is 10. The Bertz CT molecular complexity index is 4690. The van der Waals surface area contributed by atoms with Gasteiger partial charge in [0.2, 0.25) is 0 Å². The first-order valence-corrected chi connectivity index (χ1v) is 17.1. The Labute approximate surface area is 354 Å². The van der Waals surface area contributed by atoms with Gasteiger partial charge in [-0.05, 0) is 112 Å². The van der Waals surface area contributed by atoms with Crippen molar-refractivity contribution >= 4 is 72.3 Å². The highest BCUT2D eigenvalue weighted by molar-refractivity contribution is 8.28. The summed E-state index contributed by atoms with van der Waals surface area (Å²) in [6.07, 6.45) is 0. The Kier molecular flexibility index (Phi) is 2.95. The maximum atomic E-state index is 10.3. The number of hydrogen-bond acceptors (Lipinski definition) is 3. The van der Waals surface area contributed by atoms with E-state index < -0.39 is 241 Å². The number of aromatic nitrogens is 1. The van der Waals surface area contributed by atoms with E-state index in [-0.39, 0.29) is 43.8 Å². The fourth-order valence-corrected chi connectivity index (χ4v) is 8.32.